The smallest absolute Gasteiger partial charge is 0.123 e. The quantitative estimate of drug-likeness (QED) is 0.855. The van der Waals surface area contributed by atoms with Crippen LogP contribution in [-0.4, -0.2) is 18.8 Å². The van der Waals surface area contributed by atoms with Crippen molar-refractivity contribution < 1.29 is 9.84 Å². The van der Waals surface area contributed by atoms with Gasteiger partial charge in [0, 0.05) is 11.6 Å². The maximum absolute atomic E-state index is 9.66. The molecule has 112 valence electrons. The van der Waals surface area contributed by atoms with Crippen molar-refractivity contribution in [3.63, 3.8) is 0 Å². The lowest BCUT2D eigenvalue weighted by atomic mass is 10.0. The van der Waals surface area contributed by atoms with E-state index in [1.54, 1.807) is 7.11 Å². The predicted octanol–water partition coefficient (Wildman–Crippen LogP) is 3.39. The van der Waals surface area contributed by atoms with Gasteiger partial charge in [0.25, 0.3) is 0 Å². The van der Waals surface area contributed by atoms with E-state index in [9.17, 15) is 5.11 Å². The fourth-order valence-corrected chi connectivity index (χ4v) is 2.52. The van der Waals surface area contributed by atoms with Gasteiger partial charge in [-0.2, -0.15) is 0 Å². The zero-order valence-electron chi connectivity index (χ0n) is 12.8. The number of rotatable bonds is 6. The summed E-state index contributed by atoms with van der Waals surface area (Å²) in [6, 6.07) is 16.1. The van der Waals surface area contributed by atoms with Gasteiger partial charge < -0.3 is 15.2 Å². The number of aryl methyl sites for hydroxylation is 1. The average Bonchev–Trinajstić information content (AvgIpc) is 2.53. The molecule has 0 amide bonds. The summed E-state index contributed by atoms with van der Waals surface area (Å²) in [6.07, 6.45) is 0. The topological polar surface area (TPSA) is 41.5 Å². The Hall–Kier alpha value is -1.84. The standard InChI is InChI=1S/C18H23NO2/c1-13-9-10-18(21-3)16(11-13)14(2)19-17(12-20)15-7-5-4-6-8-15/h4-11,14,17,19-20H,12H2,1-3H3. The van der Waals surface area contributed by atoms with Crippen LogP contribution in [0, 0.1) is 6.92 Å². The van der Waals surface area contributed by atoms with E-state index in [0.29, 0.717) is 0 Å². The van der Waals surface area contributed by atoms with Crippen LogP contribution in [-0.2, 0) is 0 Å². The van der Waals surface area contributed by atoms with Gasteiger partial charge in [0.05, 0.1) is 19.8 Å². The van der Waals surface area contributed by atoms with E-state index in [2.05, 4.69) is 25.2 Å². The molecule has 2 unspecified atom stereocenters. The molecule has 3 heteroatoms. The first-order valence-corrected chi connectivity index (χ1v) is 7.22. The molecule has 0 heterocycles. The van der Waals surface area contributed by atoms with E-state index < -0.39 is 0 Å². The minimum atomic E-state index is -0.0913. The van der Waals surface area contributed by atoms with Crippen molar-refractivity contribution in [2.75, 3.05) is 13.7 Å². The zero-order valence-corrected chi connectivity index (χ0v) is 12.8. The Morgan fingerprint density at radius 3 is 2.48 bits per heavy atom. The highest BCUT2D eigenvalue weighted by Gasteiger charge is 2.17. The lowest BCUT2D eigenvalue weighted by Gasteiger charge is -2.24. The maximum Gasteiger partial charge on any atom is 0.123 e. The molecule has 0 aromatic heterocycles. The van der Waals surface area contributed by atoms with Crippen molar-refractivity contribution in [2.24, 2.45) is 0 Å². The third-order valence-corrected chi connectivity index (χ3v) is 3.69. The Morgan fingerprint density at radius 1 is 1.14 bits per heavy atom. The second-order valence-corrected chi connectivity index (χ2v) is 5.28. The molecule has 0 bridgehead atoms. The number of nitrogens with one attached hydrogen (secondary N) is 1. The van der Waals surface area contributed by atoms with Crippen LogP contribution >= 0.6 is 0 Å². The highest BCUT2D eigenvalue weighted by Crippen LogP contribution is 2.28. The Kier molecular flexibility index (Phi) is 5.37. The van der Waals surface area contributed by atoms with Crippen LogP contribution in [0.3, 0.4) is 0 Å². The second kappa shape index (κ2) is 7.25. The van der Waals surface area contributed by atoms with Crippen molar-refractivity contribution in [3.8, 4) is 5.75 Å². The Labute approximate surface area is 126 Å². The SMILES string of the molecule is COc1ccc(C)cc1C(C)NC(CO)c1ccccc1. The predicted molar refractivity (Wildman–Crippen MR) is 85.6 cm³/mol. The van der Waals surface area contributed by atoms with E-state index in [1.807, 2.05) is 42.5 Å². The van der Waals surface area contributed by atoms with Gasteiger partial charge in [-0.15, -0.1) is 0 Å². The number of aliphatic hydroxyl groups is 1. The van der Waals surface area contributed by atoms with Crippen molar-refractivity contribution in [1.29, 1.82) is 0 Å². The number of benzene rings is 2. The number of ether oxygens (including phenoxy) is 1. The highest BCUT2D eigenvalue weighted by molar-refractivity contribution is 5.39. The number of aliphatic hydroxyl groups excluding tert-OH is 1. The molecular weight excluding hydrogens is 262 g/mol. The summed E-state index contributed by atoms with van der Waals surface area (Å²) in [5, 5.41) is 13.1. The summed E-state index contributed by atoms with van der Waals surface area (Å²) >= 11 is 0. The van der Waals surface area contributed by atoms with Gasteiger partial charge in [-0.3, -0.25) is 0 Å². The summed E-state index contributed by atoms with van der Waals surface area (Å²) in [4.78, 5) is 0. The Bertz CT molecular complexity index is 569. The molecule has 0 aliphatic carbocycles. The molecule has 0 fully saturated rings. The molecule has 0 radical (unpaired) electrons. The minimum Gasteiger partial charge on any atom is -0.496 e. The van der Waals surface area contributed by atoms with Crippen LogP contribution in [0.4, 0.5) is 0 Å². The first-order valence-electron chi connectivity index (χ1n) is 7.22. The second-order valence-electron chi connectivity index (χ2n) is 5.28. The summed E-state index contributed by atoms with van der Waals surface area (Å²) in [6.45, 7) is 4.21. The molecule has 0 saturated carbocycles. The molecule has 0 saturated heterocycles. The fraction of sp³-hybridized carbons (Fsp3) is 0.333. The zero-order chi connectivity index (χ0) is 15.2. The first-order chi connectivity index (χ1) is 10.2. The van der Waals surface area contributed by atoms with E-state index in [0.717, 1.165) is 16.9 Å². The van der Waals surface area contributed by atoms with Gasteiger partial charge in [-0.1, -0.05) is 48.0 Å². The van der Waals surface area contributed by atoms with Crippen LogP contribution in [0.25, 0.3) is 0 Å². The van der Waals surface area contributed by atoms with E-state index in [1.165, 1.54) is 5.56 Å². The molecule has 2 aromatic rings. The summed E-state index contributed by atoms with van der Waals surface area (Å²) in [7, 11) is 1.68. The molecule has 2 rings (SSSR count). The van der Waals surface area contributed by atoms with Crippen molar-refractivity contribution in [3.05, 3.63) is 65.2 Å². The molecule has 2 N–H and O–H groups in total. The Balaban J connectivity index is 2.20. The van der Waals surface area contributed by atoms with Crippen molar-refractivity contribution in [1.82, 2.24) is 5.32 Å². The molecular formula is C18H23NO2. The highest BCUT2D eigenvalue weighted by atomic mass is 16.5. The van der Waals surface area contributed by atoms with Crippen LogP contribution in [0.5, 0.6) is 5.75 Å². The third kappa shape index (κ3) is 3.84. The Morgan fingerprint density at radius 2 is 1.86 bits per heavy atom. The van der Waals surface area contributed by atoms with Gasteiger partial charge in [0.1, 0.15) is 5.75 Å². The molecule has 21 heavy (non-hydrogen) atoms. The normalized spacial score (nSPS) is 13.7. The number of hydrogen-bond donors (Lipinski definition) is 2. The van der Waals surface area contributed by atoms with Gasteiger partial charge in [0.15, 0.2) is 0 Å². The summed E-state index contributed by atoms with van der Waals surface area (Å²) in [5.41, 5.74) is 3.38. The third-order valence-electron chi connectivity index (χ3n) is 3.69. The molecule has 3 nitrogen and oxygen atoms in total. The lowest BCUT2D eigenvalue weighted by molar-refractivity contribution is 0.234. The summed E-state index contributed by atoms with van der Waals surface area (Å²) in [5.74, 6) is 0.866. The van der Waals surface area contributed by atoms with Crippen LogP contribution < -0.4 is 10.1 Å². The van der Waals surface area contributed by atoms with E-state index in [-0.39, 0.29) is 18.7 Å². The largest absolute Gasteiger partial charge is 0.496 e. The monoisotopic (exact) mass is 285 g/mol. The fourth-order valence-electron chi connectivity index (χ4n) is 2.52. The minimum absolute atomic E-state index is 0.0580. The molecule has 2 atom stereocenters. The molecule has 0 aliphatic heterocycles. The van der Waals surface area contributed by atoms with E-state index >= 15 is 0 Å². The lowest BCUT2D eigenvalue weighted by Crippen LogP contribution is -2.27. The molecule has 2 aromatic carbocycles. The molecule has 0 spiro atoms. The molecule has 0 aliphatic rings. The van der Waals surface area contributed by atoms with Gasteiger partial charge in [-0.05, 0) is 25.5 Å². The maximum atomic E-state index is 9.66. The van der Waals surface area contributed by atoms with Crippen LogP contribution in [0.1, 0.15) is 35.7 Å². The van der Waals surface area contributed by atoms with Crippen molar-refractivity contribution in [2.45, 2.75) is 25.9 Å². The van der Waals surface area contributed by atoms with E-state index in [4.69, 9.17) is 4.74 Å². The van der Waals surface area contributed by atoms with Crippen LogP contribution in [0.15, 0.2) is 48.5 Å². The van der Waals surface area contributed by atoms with Gasteiger partial charge >= 0.3 is 0 Å². The summed E-state index contributed by atoms with van der Waals surface area (Å²) < 4.78 is 5.44. The van der Waals surface area contributed by atoms with Crippen LogP contribution in [0.2, 0.25) is 0 Å². The van der Waals surface area contributed by atoms with Gasteiger partial charge in [0.2, 0.25) is 0 Å². The average molecular weight is 285 g/mol. The number of methoxy groups -OCH3 is 1. The number of hydrogen-bond acceptors (Lipinski definition) is 3. The van der Waals surface area contributed by atoms with Gasteiger partial charge in [-0.25, -0.2) is 0 Å². The van der Waals surface area contributed by atoms with Crippen molar-refractivity contribution >= 4 is 0 Å². The first kappa shape index (κ1) is 15.5.